The Kier molecular flexibility index (Phi) is 9.64. The van der Waals surface area contributed by atoms with E-state index in [1.807, 2.05) is 0 Å². The molecule has 0 amide bonds. The Morgan fingerprint density at radius 1 is 0.455 bits per heavy atom. The molecule has 0 aliphatic carbocycles. The van der Waals surface area contributed by atoms with Crippen LogP contribution in [0.1, 0.15) is 63.8 Å². The van der Waals surface area contributed by atoms with E-state index < -0.39 is 81.3 Å². The monoisotopic (exact) mass is 820 g/mol. The van der Waals surface area contributed by atoms with Gasteiger partial charge in [0.05, 0.1) is 0 Å². The molecule has 20 heteroatoms. The summed E-state index contributed by atoms with van der Waals surface area (Å²) in [5.74, 6) is -6.70. The number of hydrogen-bond acceptors (Lipinski definition) is 4. The minimum atomic E-state index is -5.13. The fourth-order valence-corrected chi connectivity index (χ4v) is 32.8. The van der Waals surface area contributed by atoms with Crippen LogP contribution in [0.25, 0.3) is 0 Å². The molecular weight excluding hydrogens is 792 g/mol. The van der Waals surface area contributed by atoms with E-state index in [2.05, 4.69) is 40.4 Å². The van der Waals surface area contributed by atoms with E-state index >= 15 is 0 Å². The molecule has 0 saturated carbocycles. The standard InChI is InChI=1S/C24H26F12N4P2Se2/c1-19(2,3)39-41(43,37-17-9-13(21(25,26)27)7-14(10-17)22(28,29)30)40(20(4,5)6)42(39,44)38-18-11-15(23(31,32)33)8-16(12-18)24(34,35)36/h7-12H,1-6H3,(H,37,43)(H,38,44). The number of alkyl halides is 12. The fourth-order valence-electron chi connectivity index (χ4n) is 4.65. The van der Waals surface area contributed by atoms with Gasteiger partial charge < -0.3 is 0 Å². The molecule has 3 rings (SSSR count). The number of hydrogen-bond donors (Lipinski definition) is 2. The number of anilines is 2. The molecule has 1 aliphatic rings. The number of benzene rings is 2. The second-order valence-corrected chi connectivity index (χ2v) is 23.1. The Balaban J connectivity index is 2.26. The third kappa shape index (κ3) is 7.59. The third-order valence-corrected chi connectivity index (χ3v) is 23.1. The SMILES string of the molecule is CC(C)(C)N1P(=[Se])(Nc2cc(C(F)(F)F)cc(C(F)(F)F)c2)N(C(C)(C)C)P1(=[Se])Nc1cc(C(F)(F)F)cc(C(F)(F)F)c1. The van der Waals surface area contributed by atoms with Crippen molar-refractivity contribution < 1.29 is 52.7 Å². The first-order valence-electron chi connectivity index (χ1n) is 12.3. The molecular formula is C24H26F12N4P2Se2. The molecule has 1 heterocycles. The molecule has 2 N–H and O–H groups in total. The van der Waals surface area contributed by atoms with Crippen LogP contribution in [-0.4, -0.2) is 50.2 Å². The van der Waals surface area contributed by atoms with E-state index in [9.17, 15) is 52.7 Å². The molecule has 248 valence electrons. The van der Waals surface area contributed by atoms with Crippen LogP contribution in [0.3, 0.4) is 0 Å². The van der Waals surface area contributed by atoms with Crippen molar-refractivity contribution in [2.24, 2.45) is 0 Å². The van der Waals surface area contributed by atoms with Gasteiger partial charge in [-0.05, 0) is 0 Å². The van der Waals surface area contributed by atoms with Crippen molar-refractivity contribution in [3.05, 3.63) is 58.7 Å². The van der Waals surface area contributed by atoms with Crippen LogP contribution >= 0.6 is 11.9 Å². The van der Waals surface area contributed by atoms with Crippen molar-refractivity contribution >= 4 is 53.5 Å². The predicted octanol–water partition coefficient (Wildman–Crippen LogP) is 10.2. The number of nitrogens with one attached hydrogen (secondary N) is 2. The van der Waals surface area contributed by atoms with Gasteiger partial charge in [-0.2, -0.15) is 0 Å². The molecule has 0 aromatic heterocycles. The van der Waals surface area contributed by atoms with Crippen LogP contribution in [0.2, 0.25) is 0 Å². The summed E-state index contributed by atoms with van der Waals surface area (Å²) in [7, 11) is 0. The molecule has 0 unspecified atom stereocenters. The summed E-state index contributed by atoms with van der Waals surface area (Å²) in [6, 6.07) is 1.95. The van der Waals surface area contributed by atoms with Gasteiger partial charge in [0.25, 0.3) is 0 Å². The second kappa shape index (κ2) is 11.3. The van der Waals surface area contributed by atoms with E-state index in [4.69, 9.17) is 0 Å². The van der Waals surface area contributed by atoms with Crippen molar-refractivity contribution in [1.29, 1.82) is 0 Å². The van der Waals surface area contributed by atoms with E-state index in [1.165, 1.54) is 0 Å². The molecule has 1 fully saturated rings. The van der Waals surface area contributed by atoms with E-state index in [-0.39, 0.29) is 12.1 Å². The summed E-state index contributed by atoms with van der Waals surface area (Å²) in [5, 5.41) is 5.64. The predicted molar refractivity (Wildman–Crippen MR) is 149 cm³/mol. The van der Waals surface area contributed by atoms with Crippen molar-refractivity contribution in [3.8, 4) is 0 Å². The van der Waals surface area contributed by atoms with Gasteiger partial charge >= 0.3 is 261 Å². The molecule has 2 aromatic rings. The number of rotatable bonds is 4. The van der Waals surface area contributed by atoms with Gasteiger partial charge in [-0.25, -0.2) is 0 Å². The summed E-state index contributed by atoms with van der Waals surface area (Å²) in [6.45, 7) is 9.80. The summed E-state index contributed by atoms with van der Waals surface area (Å²) in [5.41, 5.74) is -9.38. The Morgan fingerprint density at radius 3 is 0.818 bits per heavy atom. The van der Waals surface area contributed by atoms with Crippen LogP contribution in [0.5, 0.6) is 0 Å². The zero-order chi connectivity index (χ0) is 34.3. The maximum absolute atomic E-state index is 13.6. The summed E-state index contributed by atoms with van der Waals surface area (Å²) in [6.07, 6.45) is -20.5. The normalized spacial score (nSPS) is 23.0. The summed E-state index contributed by atoms with van der Waals surface area (Å²) in [4.78, 5) is 0. The average Bonchev–Trinajstić information content (AvgIpc) is 2.73. The van der Waals surface area contributed by atoms with Crippen LogP contribution < -0.4 is 10.2 Å². The van der Waals surface area contributed by atoms with Crippen LogP contribution in [0.15, 0.2) is 36.4 Å². The zero-order valence-electron chi connectivity index (χ0n) is 23.6. The number of halogens is 12. The Morgan fingerprint density at radius 2 is 0.659 bits per heavy atom. The molecule has 0 bridgehead atoms. The first kappa shape index (κ1) is 37.5. The van der Waals surface area contributed by atoms with Crippen molar-refractivity contribution in [3.63, 3.8) is 0 Å². The third-order valence-electron chi connectivity index (χ3n) is 5.95. The van der Waals surface area contributed by atoms with Crippen LogP contribution in [0.4, 0.5) is 64.1 Å². The second-order valence-electron chi connectivity index (χ2n) is 11.8. The fraction of sp³-hybridized carbons (Fsp3) is 0.500. The quantitative estimate of drug-likeness (QED) is 0.183. The minimum absolute atomic E-state index is 0.0299. The van der Waals surface area contributed by atoms with Crippen molar-refractivity contribution in [2.75, 3.05) is 10.2 Å². The van der Waals surface area contributed by atoms with Crippen LogP contribution in [-0.2, 0) is 24.7 Å². The summed E-state index contributed by atoms with van der Waals surface area (Å²) >= 11 is 5.75. The zero-order valence-corrected chi connectivity index (χ0v) is 28.8. The Hall–Kier alpha value is -0.981. The van der Waals surface area contributed by atoms with E-state index in [1.54, 1.807) is 50.4 Å². The van der Waals surface area contributed by atoms with Gasteiger partial charge in [0.2, 0.25) is 0 Å². The molecule has 1 aliphatic heterocycles. The van der Waals surface area contributed by atoms with Gasteiger partial charge in [-0.1, -0.05) is 0 Å². The summed E-state index contributed by atoms with van der Waals surface area (Å²) < 4.78 is 167. The van der Waals surface area contributed by atoms with Crippen molar-refractivity contribution in [2.45, 2.75) is 77.3 Å². The molecule has 2 aromatic carbocycles. The average molecular weight is 818 g/mol. The topological polar surface area (TPSA) is 30.5 Å². The van der Waals surface area contributed by atoms with Gasteiger partial charge in [-0.15, -0.1) is 0 Å². The van der Waals surface area contributed by atoms with Crippen molar-refractivity contribution in [1.82, 2.24) is 8.88 Å². The van der Waals surface area contributed by atoms with Gasteiger partial charge in [-0.3, -0.25) is 0 Å². The van der Waals surface area contributed by atoms with E-state index in [0.717, 1.165) is 0 Å². The first-order valence-corrected chi connectivity index (χ1v) is 20.1. The first-order chi connectivity index (χ1) is 19.3. The molecule has 4 nitrogen and oxygen atoms in total. The Bertz CT molecular complexity index is 1330. The molecule has 0 radical (unpaired) electrons. The molecule has 0 spiro atoms. The molecule has 1 saturated heterocycles. The van der Waals surface area contributed by atoms with Gasteiger partial charge in [0.1, 0.15) is 0 Å². The van der Waals surface area contributed by atoms with Gasteiger partial charge in [0.15, 0.2) is 0 Å². The number of nitrogens with zero attached hydrogens (tertiary/aromatic N) is 2. The van der Waals surface area contributed by atoms with E-state index in [0.29, 0.717) is 24.3 Å². The molecule has 44 heavy (non-hydrogen) atoms. The maximum atomic E-state index is 13.6. The molecule has 0 atom stereocenters. The van der Waals surface area contributed by atoms with Gasteiger partial charge in [0, 0.05) is 0 Å². The van der Waals surface area contributed by atoms with Crippen LogP contribution in [0, 0.1) is 0 Å². The Labute approximate surface area is 260 Å².